The molecule has 1 aromatic heterocycles. The van der Waals surface area contributed by atoms with Gasteiger partial charge in [0.1, 0.15) is 11.8 Å². The molecular formula is C14H12Cl2N2O. The number of nitriles is 1. The molecule has 5 heteroatoms. The molecule has 0 fully saturated rings. The van der Waals surface area contributed by atoms with Gasteiger partial charge in [0.05, 0.1) is 16.6 Å². The summed E-state index contributed by atoms with van der Waals surface area (Å²) in [4.78, 5) is 0. The van der Waals surface area contributed by atoms with Gasteiger partial charge in [-0.15, -0.1) is 0 Å². The zero-order valence-electron chi connectivity index (χ0n) is 10.3. The van der Waals surface area contributed by atoms with Crippen molar-refractivity contribution in [2.75, 3.05) is 0 Å². The molecule has 0 spiro atoms. The molecule has 1 heterocycles. The second-order valence-electron chi connectivity index (χ2n) is 4.15. The lowest BCUT2D eigenvalue weighted by molar-refractivity contribution is 0.453. The molecule has 0 saturated carbocycles. The Morgan fingerprint density at radius 1 is 1.26 bits per heavy atom. The Kier molecular flexibility index (Phi) is 4.49. The molecule has 3 nitrogen and oxygen atoms in total. The lowest BCUT2D eigenvalue weighted by Gasteiger charge is -2.14. The minimum absolute atomic E-state index is 0.102. The van der Waals surface area contributed by atoms with Crippen LogP contribution in [0.5, 0.6) is 0 Å². The van der Waals surface area contributed by atoms with Gasteiger partial charge in [0, 0.05) is 6.04 Å². The molecule has 0 radical (unpaired) electrons. The van der Waals surface area contributed by atoms with Crippen molar-refractivity contribution in [3.63, 3.8) is 0 Å². The van der Waals surface area contributed by atoms with Crippen LogP contribution in [0.15, 0.2) is 34.7 Å². The van der Waals surface area contributed by atoms with Crippen molar-refractivity contribution in [1.29, 1.82) is 5.26 Å². The second-order valence-corrected chi connectivity index (χ2v) is 4.97. The predicted molar refractivity (Wildman–Crippen MR) is 75.1 cm³/mol. The quantitative estimate of drug-likeness (QED) is 0.914. The molecular weight excluding hydrogens is 283 g/mol. The second kappa shape index (κ2) is 6.12. The third-order valence-corrected chi connectivity index (χ3v) is 3.54. The smallest absolute Gasteiger partial charge is 0.203 e. The van der Waals surface area contributed by atoms with Crippen molar-refractivity contribution in [3.8, 4) is 6.07 Å². The molecule has 0 aliphatic heterocycles. The van der Waals surface area contributed by atoms with Gasteiger partial charge in [0.2, 0.25) is 5.76 Å². The number of nitrogens with zero attached hydrogens (tertiary/aromatic N) is 1. The molecule has 0 saturated heterocycles. The van der Waals surface area contributed by atoms with Crippen LogP contribution in [0.2, 0.25) is 10.0 Å². The maximum Gasteiger partial charge on any atom is 0.203 e. The largest absolute Gasteiger partial charge is 0.449 e. The Labute approximate surface area is 121 Å². The van der Waals surface area contributed by atoms with Gasteiger partial charge in [0.15, 0.2) is 0 Å². The summed E-state index contributed by atoms with van der Waals surface area (Å²) < 4.78 is 5.29. The number of hydrogen-bond donors (Lipinski definition) is 1. The van der Waals surface area contributed by atoms with E-state index in [0.29, 0.717) is 22.4 Å². The lowest BCUT2D eigenvalue weighted by atomic mass is 10.1. The van der Waals surface area contributed by atoms with Crippen LogP contribution in [0, 0.1) is 11.3 Å². The Morgan fingerprint density at radius 3 is 2.68 bits per heavy atom. The maximum absolute atomic E-state index is 8.67. The molecule has 0 aliphatic rings. The van der Waals surface area contributed by atoms with Crippen LogP contribution in [-0.4, -0.2) is 0 Å². The highest BCUT2D eigenvalue weighted by Crippen LogP contribution is 2.25. The van der Waals surface area contributed by atoms with Gasteiger partial charge in [0.25, 0.3) is 0 Å². The number of benzene rings is 1. The number of halogens is 2. The number of rotatable bonds is 4. The van der Waals surface area contributed by atoms with Crippen molar-refractivity contribution in [1.82, 2.24) is 5.32 Å². The third kappa shape index (κ3) is 3.51. The van der Waals surface area contributed by atoms with Gasteiger partial charge in [-0.05, 0) is 36.8 Å². The summed E-state index contributed by atoms with van der Waals surface area (Å²) >= 11 is 11.9. The highest BCUT2D eigenvalue weighted by molar-refractivity contribution is 6.42. The fraction of sp³-hybridized carbons (Fsp3) is 0.214. The van der Waals surface area contributed by atoms with Crippen LogP contribution in [0.25, 0.3) is 0 Å². The summed E-state index contributed by atoms with van der Waals surface area (Å²) in [5.41, 5.74) is 1.04. The van der Waals surface area contributed by atoms with Crippen molar-refractivity contribution in [2.24, 2.45) is 0 Å². The molecule has 1 unspecified atom stereocenters. The van der Waals surface area contributed by atoms with Gasteiger partial charge in [-0.25, -0.2) is 0 Å². The molecule has 1 atom stereocenters. The molecule has 98 valence electrons. The van der Waals surface area contributed by atoms with Crippen molar-refractivity contribution >= 4 is 23.2 Å². The Balaban J connectivity index is 1.99. The van der Waals surface area contributed by atoms with Crippen molar-refractivity contribution in [2.45, 2.75) is 19.5 Å². The first-order valence-corrected chi connectivity index (χ1v) is 6.53. The normalized spacial score (nSPS) is 12.1. The van der Waals surface area contributed by atoms with Gasteiger partial charge in [-0.2, -0.15) is 5.26 Å². The summed E-state index contributed by atoms with van der Waals surface area (Å²) in [6.07, 6.45) is 0. The van der Waals surface area contributed by atoms with E-state index in [1.54, 1.807) is 18.2 Å². The SMILES string of the molecule is CC(NCc1ccc(C#N)o1)c1ccc(Cl)c(Cl)c1. The first-order chi connectivity index (χ1) is 9.10. The monoisotopic (exact) mass is 294 g/mol. The van der Waals surface area contributed by atoms with E-state index in [1.807, 2.05) is 25.1 Å². The van der Waals surface area contributed by atoms with Gasteiger partial charge < -0.3 is 9.73 Å². The van der Waals surface area contributed by atoms with E-state index in [0.717, 1.165) is 11.3 Å². The van der Waals surface area contributed by atoms with Crippen LogP contribution in [0.3, 0.4) is 0 Å². The highest BCUT2D eigenvalue weighted by Gasteiger charge is 2.08. The fourth-order valence-electron chi connectivity index (χ4n) is 1.69. The van der Waals surface area contributed by atoms with E-state index < -0.39 is 0 Å². The maximum atomic E-state index is 8.67. The first kappa shape index (κ1) is 14.0. The Bertz CT molecular complexity index is 616. The van der Waals surface area contributed by atoms with Crippen LogP contribution in [0.1, 0.15) is 30.0 Å². The Hall–Kier alpha value is -1.47. The first-order valence-electron chi connectivity index (χ1n) is 5.77. The predicted octanol–water partition coefficient (Wildman–Crippen LogP) is 4.31. The van der Waals surface area contributed by atoms with E-state index in [4.69, 9.17) is 32.9 Å². The molecule has 1 aromatic carbocycles. The molecule has 19 heavy (non-hydrogen) atoms. The summed E-state index contributed by atoms with van der Waals surface area (Å²) in [6.45, 7) is 2.57. The molecule has 0 aliphatic carbocycles. The third-order valence-electron chi connectivity index (χ3n) is 2.80. The molecule has 2 aromatic rings. The number of nitrogens with one attached hydrogen (secondary N) is 1. The summed E-state index contributed by atoms with van der Waals surface area (Å²) in [5.74, 6) is 1.04. The molecule has 1 N–H and O–H groups in total. The summed E-state index contributed by atoms with van der Waals surface area (Å²) in [5, 5.41) is 13.0. The summed E-state index contributed by atoms with van der Waals surface area (Å²) in [7, 11) is 0. The van der Waals surface area contributed by atoms with E-state index in [-0.39, 0.29) is 6.04 Å². The van der Waals surface area contributed by atoms with Gasteiger partial charge >= 0.3 is 0 Å². The van der Waals surface area contributed by atoms with E-state index in [9.17, 15) is 0 Å². The van der Waals surface area contributed by atoms with Crippen molar-refractivity contribution in [3.05, 3.63) is 57.5 Å². The minimum atomic E-state index is 0.102. The molecule has 0 amide bonds. The average molecular weight is 295 g/mol. The van der Waals surface area contributed by atoms with Crippen LogP contribution >= 0.6 is 23.2 Å². The molecule has 0 bridgehead atoms. The number of furan rings is 1. The standard InChI is InChI=1S/C14H12Cl2N2O/c1-9(10-2-5-13(15)14(16)6-10)18-8-12-4-3-11(7-17)19-12/h2-6,9,18H,8H2,1H3. The van der Waals surface area contributed by atoms with Crippen LogP contribution in [-0.2, 0) is 6.54 Å². The van der Waals surface area contributed by atoms with Crippen LogP contribution < -0.4 is 5.32 Å². The van der Waals surface area contributed by atoms with Crippen molar-refractivity contribution < 1.29 is 4.42 Å². The fourth-order valence-corrected chi connectivity index (χ4v) is 1.99. The molecule has 2 rings (SSSR count). The van der Waals surface area contributed by atoms with Gasteiger partial charge in [-0.1, -0.05) is 29.3 Å². The number of hydrogen-bond acceptors (Lipinski definition) is 3. The van der Waals surface area contributed by atoms with E-state index in [2.05, 4.69) is 5.32 Å². The van der Waals surface area contributed by atoms with Crippen LogP contribution in [0.4, 0.5) is 0 Å². The highest BCUT2D eigenvalue weighted by atomic mass is 35.5. The topological polar surface area (TPSA) is 49.0 Å². The lowest BCUT2D eigenvalue weighted by Crippen LogP contribution is -2.17. The zero-order valence-corrected chi connectivity index (χ0v) is 11.8. The van der Waals surface area contributed by atoms with Gasteiger partial charge in [-0.3, -0.25) is 0 Å². The average Bonchev–Trinajstić information content (AvgIpc) is 2.87. The van der Waals surface area contributed by atoms with E-state index >= 15 is 0 Å². The summed E-state index contributed by atoms with van der Waals surface area (Å²) in [6, 6.07) is 11.0. The minimum Gasteiger partial charge on any atom is -0.449 e. The zero-order chi connectivity index (χ0) is 13.8. The van der Waals surface area contributed by atoms with E-state index in [1.165, 1.54) is 0 Å². The Morgan fingerprint density at radius 2 is 2.05 bits per heavy atom.